The summed E-state index contributed by atoms with van der Waals surface area (Å²) in [7, 11) is 0. The second-order valence-corrected chi connectivity index (χ2v) is 9.58. The number of rotatable bonds is 8. The quantitative estimate of drug-likeness (QED) is 0.427. The van der Waals surface area contributed by atoms with Crippen molar-refractivity contribution >= 4 is 28.8 Å². The van der Waals surface area contributed by atoms with E-state index in [0.29, 0.717) is 23.6 Å². The maximum absolute atomic E-state index is 13.2. The van der Waals surface area contributed by atoms with E-state index in [2.05, 4.69) is 15.1 Å². The average molecular weight is 491 g/mol. The van der Waals surface area contributed by atoms with Crippen LogP contribution in [0.1, 0.15) is 12.8 Å². The lowest BCUT2D eigenvalue weighted by Crippen LogP contribution is -2.39. The molecule has 2 atom stereocenters. The van der Waals surface area contributed by atoms with E-state index < -0.39 is 11.7 Å². The zero-order chi connectivity index (χ0) is 24.9. The Balaban J connectivity index is 1.25. The first-order valence-corrected chi connectivity index (χ1v) is 12.8. The molecule has 2 aliphatic carbocycles. The second kappa shape index (κ2) is 11.2. The molecular formula is C28H34N4O4. The summed E-state index contributed by atoms with van der Waals surface area (Å²) in [5.41, 5.74) is 9.34. The molecule has 4 aliphatic rings. The highest BCUT2D eigenvalue weighted by atomic mass is 16.5. The predicted octanol–water partition coefficient (Wildman–Crippen LogP) is 2.70. The van der Waals surface area contributed by atoms with E-state index in [1.54, 1.807) is 12.1 Å². The third-order valence-electron chi connectivity index (χ3n) is 7.12. The Morgan fingerprint density at radius 1 is 1.03 bits per heavy atom. The smallest absolute Gasteiger partial charge is 0.296 e. The Morgan fingerprint density at radius 2 is 1.83 bits per heavy atom. The largest absolute Gasteiger partial charge is 0.399 e. The minimum Gasteiger partial charge on any atom is -0.399 e. The third kappa shape index (κ3) is 5.61. The van der Waals surface area contributed by atoms with Gasteiger partial charge in [0, 0.05) is 61.3 Å². The lowest BCUT2D eigenvalue weighted by molar-refractivity contribution is -0.132. The molecule has 0 spiro atoms. The van der Waals surface area contributed by atoms with Crippen molar-refractivity contribution in [3.63, 3.8) is 0 Å². The van der Waals surface area contributed by atoms with E-state index >= 15 is 0 Å². The van der Waals surface area contributed by atoms with Gasteiger partial charge in [0.05, 0.1) is 25.9 Å². The number of anilines is 3. The van der Waals surface area contributed by atoms with Crippen molar-refractivity contribution < 1.29 is 19.1 Å². The number of carbonyl (C=O) groups is 2. The van der Waals surface area contributed by atoms with Crippen molar-refractivity contribution in [3.8, 4) is 0 Å². The summed E-state index contributed by atoms with van der Waals surface area (Å²) in [6.45, 7) is 6.72. The van der Waals surface area contributed by atoms with Crippen molar-refractivity contribution in [1.29, 1.82) is 0 Å². The minimum atomic E-state index is -0.673. The van der Waals surface area contributed by atoms with Gasteiger partial charge in [-0.3, -0.25) is 14.5 Å². The number of nitrogen functional groups attached to an aromatic ring is 1. The fourth-order valence-electron chi connectivity index (χ4n) is 5.20. The van der Waals surface area contributed by atoms with Gasteiger partial charge in [-0.1, -0.05) is 36.5 Å². The van der Waals surface area contributed by atoms with Gasteiger partial charge in [-0.05, 0) is 36.6 Å². The number of hydrogen-bond acceptors (Lipinski definition) is 7. The van der Waals surface area contributed by atoms with E-state index in [9.17, 15) is 9.59 Å². The Labute approximate surface area is 212 Å². The van der Waals surface area contributed by atoms with Crippen LogP contribution in [-0.2, 0) is 19.1 Å². The predicted molar refractivity (Wildman–Crippen MR) is 141 cm³/mol. The molecule has 2 unspecified atom stereocenters. The van der Waals surface area contributed by atoms with Gasteiger partial charge in [0.15, 0.2) is 0 Å². The minimum absolute atomic E-state index is 0.106. The summed E-state index contributed by atoms with van der Waals surface area (Å²) in [6, 6.07) is 5.47. The molecular weight excluding hydrogens is 456 g/mol. The Bertz CT molecular complexity index is 1110. The first-order valence-electron chi connectivity index (χ1n) is 12.8. The molecule has 0 saturated carbocycles. The summed E-state index contributed by atoms with van der Waals surface area (Å²) in [6.07, 6.45) is 13.5. The van der Waals surface area contributed by atoms with Crippen LogP contribution in [0, 0.1) is 5.92 Å². The molecule has 0 aromatic heterocycles. The Hall–Kier alpha value is -3.20. The maximum atomic E-state index is 13.2. The number of amides is 1. The standard InChI is InChI=1S/C28H34N4O4/c29-20-17-21(19-22(18-20)32-9-3-4-10-32)30-28(34)27(33)25-7-8-26(24-6-2-1-5-23(24)25)36-16-13-31-11-14-35-15-12-31/h1-2,5-8,17-19,24,26H,3-4,9-16,29H2,(H,30,34). The summed E-state index contributed by atoms with van der Waals surface area (Å²) < 4.78 is 11.6. The molecule has 2 fully saturated rings. The number of nitrogens with one attached hydrogen (secondary N) is 1. The molecule has 1 amide bonds. The third-order valence-corrected chi connectivity index (χ3v) is 7.12. The first kappa shape index (κ1) is 24.5. The number of fused-ring (bicyclic) bond motifs is 1. The van der Waals surface area contributed by atoms with E-state index in [4.69, 9.17) is 15.2 Å². The van der Waals surface area contributed by atoms with Gasteiger partial charge in [0.25, 0.3) is 11.7 Å². The van der Waals surface area contributed by atoms with Crippen LogP contribution in [0.4, 0.5) is 17.1 Å². The summed E-state index contributed by atoms with van der Waals surface area (Å²) in [4.78, 5) is 30.8. The Morgan fingerprint density at radius 3 is 2.64 bits per heavy atom. The van der Waals surface area contributed by atoms with Crippen LogP contribution in [0.5, 0.6) is 0 Å². The highest BCUT2D eigenvalue weighted by Gasteiger charge is 2.32. The van der Waals surface area contributed by atoms with Crippen molar-refractivity contribution in [2.75, 3.05) is 68.5 Å². The molecule has 8 nitrogen and oxygen atoms in total. The van der Waals surface area contributed by atoms with Crippen LogP contribution in [0.2, 0.25) is 0 Å². The van der Waals surface area contributed by atoms with Crippen LogP contribution in [0.3, 0.4) is 0 Å². The molecule has 1 aromatic rings. The number of morpholine rings is 1. The van der Waals surface area contributed by atoms with Crippen molar-refractivity contribution in [3.05, 3.63) is 65.8 Å². The molecule has 2 aliphatic heterocycles. The molecule has 190 valence electrons. The van der Waals surface area contributed by atoms with Gasteiger partial charge in [-0.2, -0.15) is 0 Å². The lowest BCUT2D eigenvalue weighted by Gasteiger charge is -2.31. The summed E-state index contributed by atoms with van der Waals surface area (Å²) >= 11 is 0. The number of benzene rings is 1. The fourth-order valence-corrected chi connectivity index (χ4v) is 5.20. The van der Waals surface area contributed by atoms with Crippen LogP contribution in [-0.4, -0.2) is 75.2 Å². The number of allylic oxidation sites excluding steroid dienone is 4. The topological polar surface area (TPSA) is 97.1 Å². The highest BCUT2D eigenvalue weighted by Crippen LogP contribution is 2.33. The first-order chi connectivity index (χ1) is 17.6. The molecule has 0 bridgehead atoms. The second-order valence-electron chi connectivity index (χ2n) is 9.58. The number of nitrogens with zero attached hydrogens (tertiary/aromatic N) is 2. The van der Waals surface area contributed by atoms with Crippen LogP contribution in [0.25, 0.3) is 0 Å². The average Bonchev–Trinajstić information content (AvgIpc) is 3.44. The number of carbonyl (C=O) groups excluding carboxylic acids is 2. The van der Waals surface area contributed by atoms with Crippen molar-refractivity contribution in [2.24, 2.45) is 5.92 Å². The van der Waals surface area contributed by atoms with Gasteiger partial charge in [-0.25, -0.2) is 0 Å². The zero-order valence-corrected chi connectivity index (χ0v) is 20.5. The van der Waals surface area contributed by atoms with Crippen LogP contribution in [0.15, 0.2) is 65.8 Å². The van der Waals surface area contributed by atoms with Gasteiger partial charge in [0.1, 0.15) is 0 Å². The SMILES string of the molecule is Nc1cc(NC(=O)C(=O)C2=C3C=CC=CC3C(OCCN3CCOCC3)C=C2)cc(N2CCCC2)c1. The fraction of sp³-hybridized carbons (Fsp3) is 0.429. The number of ether oxygens (including phenoxy) is 2. The van der Waals surface area contributed by atoms with E-state index in [1.165, 1.54) is 0 Å². The molecule has 0 radical (unpaired) electrons. The van der Waals surface area contributed by atoms with Gasteiger partial charge in [0.2, 0.25) is 0 Å². The van der Waals surface area contributed by atoms with Gasteiger partial charge in [-0.15, -0.1) is 0 Å². The zero-order valence-electron chi connectivity index (χ0n) is 20.5. The Kier molecular flexibility index (Phi) is 7.65. The number of hydrogen-bond donors (Lipinski definition) is 2. The number of ketones is 1. The molecule has 1 aromatic carbocycles. The summed E-state index contributed by atoms with van der Waals surface area (Å²) in [5, 5.41) is 2.77. The van der Waals surface area contributed by atoms with E-state index in [1.807, 2.05) is 42.5 Å². The monoisotopic (exact) mass is 490 g/mol. The highest BCUT2D eigenvalue weighted by molar-refractivity contribution is 6.47. The number of nitrogens with two attached hydrogens (primary N) is 1. The normalized spacial score (nSPS) is 23.7. The van der Waals surface area contributed by atoms with E-state index in [-0.39, 0.29) is 12.0 Å². The van der Waals surface area contributed by atoms with Crippen LogP contribution >= 0.6 is 0 Å². The molecule has 3 N–H and O–H groups in total. The van der Waals surface area contributed by atoms with E-state index in [0.717, 1.165) is 70.0 Å². The van der Waals surface area contributed by atoms with Crippen molar-refractivity contribution in [2.45, 2.75) is 18.9 Å². The van der Waals surface area contributed by atoms with Gasteiger partial charge >= 0.3 is 0 Å². The summed E-state index contributed by atoms with van der Waals surface area (Å²) in [5.74, 6) is -1.35. The van der Waals surface area contributed by atoms with Gasteiger partial charge < -0.3 is 25.4 Å². The molecule has 36 heavy (non-hydrogen) atoms. The molecule has 5 rings (SSSR count). The molecule has 2 saturated heterocycles. The molecule has 2 heterocycles. The molecule has 8 heteroatoms. The maximum Gasteiger partial charge on any atom is 0.296 e. The number of Topliss-reactive ketones (excluding diaryl/α,β-unsaturated/α-hetero) is 1. The lowest BCUT2D eigenvalue weighted by atomic mass is 9.81. The van der Waals surface area contributed by atoms with Crippen molar-refractivity contribution in [1.82, 2.24) is 4.90 Å². The van der Waals surface area contributed by atoms with Crippen LogP contribution < -0.4 is 16.0 Å².